The fourth-order valence-corrected chi connectivity index (χ4v) is 4.84. The summed E-state index contributed by atoms with van der Waals surface area (Å²) in [4.78, 5) is 18.3. The molecule has 1 aromatic heterocycles. The Morgan fingerprint density at radius 1 is 1.04 bits per heavy atom. The third-order valence-electron chi connectivity index (χ3n) is 5.38. The molecule has 2 atom stereocenters. The van der Waals surface area contributed by atoms with Gasteiger partial charge in [-0.1, -0.05) is 36.4 Å². The highest BCUT2D eigenvalue weighted by atomic mass is 32.1. The van der Waals surface area contributed by atoms with Crippen LogP contribution in [0.4, 0.5) is 0 Å². The molecule has 2 unspecified atom stereocenters. The van der Waals surface area contributed by atoms with Crippen molar-refractivity contribution in [3.8, 4) is 0 Å². The maximum absolute atomic E-state index is 12.8. The van der Waals surface area contributed by atoms with Crippen molar-refractivity contribution >= 4 is 17.2 Å². The van der Waals surface area contributed by atoms with Crippen molar-refractivity contribution in [2.45, 2.75) is 18.8 Å². The normalized spacial score (nSPS) is 24.6. The summed E-state index contributed by atoms with van der Waals surface area (Å²) in [5.41, 5.74) is 1.38. The van der Waals surface area contributed by atoms with Crippen LogP contribution in [0.15, 0.2) is 47.8 Å². The minimum absolute atomic E-state index is 0.204. The first-order valence-electron chi connectivity index (χ1n) is 8.91. The molecular weight excluding hydrogens is 316 g/mol. The van der Waals surface area contributed by atoms with Gasteiger partial charge in [-0.25, -0.2) is 0 Å². The van der Waals surface area contributed by atoms with Gasteiger partial charge in [-0.2, -0.15) is 0 Å². The number of benzene rings is 1. The molecule has 0 N–H and O–H groups in total. The van der Waals surface area contributed by atoms with E-state index in [-0.39, 0.29) is 5.91 Å². The average molecular weight is 340 g/mol. The first-order valence-corrected chi connectivity index (χ1v) is 9.79. The number of carbonyl (C=O) groups excluding carboxylic acids is 1. The Balaban J connectivity index is 1.54. The van der Waals surface area contributed by atoms with Crippen molar-refractivity contribution in [1.29, 1.82) is 0 Å². The van der Waals surface area contributed by atoms with Crippen molar-refractivity contribution in [2.24, 2.45) is 5.92 Å². The SMILES string of the molecule is O=C(c1cccs1)N1CC(CN2CCCC2)C(c2ccccc2)C1. The summed E-state index contributed by atoms with van der Waals surface area (Å²) in [5.74, 6) is 1.19. The molecule has 2 fully saturated rings. The standard InChI is InChI=1S/C20H24N2OS/c23-20(19-9-6-12-24-19)22-14-17(13-21-10-4-5-11-21)18(15-22)16-7-2-1-3-8-16/h1-3,6-9,12,17-18H,4-5,10-11,13-15H2. The Kier molecular flexibility index (Phi) is 4.67. The monoisotopic (exact) mass is 340 g/mol. The first-order chi connectivity index (χ1) is 11.8. The fourth-order valence-electron chi connectivity index (χ4n) is 4.15. The molecule has 0 radical (unpaired) electrons. The molecule has 126 valence electrons. The summed E-state index contributed by atoms with van der Waals surface area (Å²) in [6.45, 7) is 5.29. The summed E-state index contributed by atoms with van der Waals surface area (Å²) >= 11 is 1.55. The van der Waals surface area contributed by atoms with Gasteiger partial charge in [-0.3, -0.25) is 4.79 Å². The van der Waals surface area contributed by atoms with Crippen molar-refractivity contribution in [1.82, 2.24) is 9.80 Å². The van der Waals surface area contributed by atoms with Gasteiger partial charge < -0.3 is 9.80 Å². The molecule has 0 bridgehead atoms. The van der Waals surface area contributed by atoms with Crippen LogP contribution in [-0.2, 0) is 0 Å². The molecule has 2 saturated heterocycles. The number of nitrogens with zero attached hydrogens (tertiary/aromatic N) is 2. The number of hydrogen-bond donors (Lipinski definition) is 0. The van der Waals surface area contributed by atoms with Crippen LogP contribution < -0.4 is 0 Å². The number of rotatable bonds is 4. The van der Waals surface area contributed by atoms with Gasteiger partial charge >= 0.3 is 0 Å². The molecule has 0 spiro atoms. The molecule has 3 heterocycles. The van der Waals surface area contributed by atoms with Gasteiger partial charge in [0.1, 0.15) is 0 Å². The minimum Gasteiger partial charge on any atom is -0.337 e. The van der Waals surface area contributed by atoms with Gasteiger partial charge in [0.15, 0.2) is 0 Å². The van der Waals surface area contributed by atoms with Crippen molar-refractivity contribution in [3.63, 3.8) is 0 Å². The van der Waals surface area contributed by atoms with Crippen LogP contribution in [0.2, 0.25) is 0 Å². The number of carbonyl (C=O) groups is 1. The van der Waals surface area contributed by atoms with Gasteiger partial charge in [0.25, 0.3) is 5.91 Å². The summed E-state index contributed by atoms with van der Waals surface area (Å²) in [5, 5.41) is 1.99. The summed E-state index contributed by atoms with van der Waals surface area (Å²) in [6, 6.07) is 14.7. The Hall–Kier alpha value is -1.65. The van der Waals surface area contributed by atoms with Crippen LogP contribution in [0.25, 0.3) is 0 Å². The smallest absolute Gasteiger partial charge is 0.263 e. The van der Waals surface area contributed by atoms with Gasteiger partial charge in [0.05, 0.1) is 4.88 Å². The predicted octanol–water partition coefficient (Wildman–Crippen LogP) is 3.70. The molecule has 1 amide bonds. The number of likely N-dealkylation sites (tertiary alicyclic amines) is 2. The molecule has 2 aliphatic rings. The van der Waals surface area contributed by atoms with Crippen LogP contribution in [0.3, 0.4) is 0 Å². The molecule has 3 nitrogen and oxygen atoms in total. The second-order valence-corrected chi connectivity index (χ2v) is 7.92. The Morgan fingerprint density at radius 3 is 2.54 bits per heavy atom. The Bertz CT molecular complexity index is 664. The molecule has 0 aliphatic carbocycles. The van der Waals surface area contributed by atoms with Crippen LogP contribution in [0, 0.1) is 5.92 Å². The average Bonchev–Trinajstić information content (AvgIpc) is 3.37. The number of hydrogen-bond acceptors (Lipinski definition) is 3. The molecular formula is C20H24N2OS. The van der Waals surface area contributed by atoms with E-state index < -0.39 is 0 Å². The van der Waals surface area contributed by atoms with E-state index in [4.69, 9.17) is 0 Å². The highest BCUT2D eigenvalue weighted by molar-refractivity contribution is 7.12. The largest absolute Gasteiger partial charge is 0.337 e. The third-order valence-corrected chi connectivity index (χ3v) is 6.24. The van der Waals surface area contributed by atoms with E-state index in [2.05, 4.69) is 40.1 Å². The highest BCUT2D eigenvalue weighted by Crippen LogP contribution is 2.35. The van der Waals surface area contributed by atoms with Gasteiger partial charge in [0, 0.05) is 25.6 Å². The lowest BCUT2D eigenvalue weighted by atomic mass is 9.88. The molecule has 24 heavy (non-hydrogen) atoms. The molecule has 4 heteroatoms. The van der Waals surface area contributed by atoms with Gasteiger partial charge in [0.2, 0.25) is 0 Å². The van der Waals surface area contributed by atoms with Crippen LogP contribution in [0.5, 0.6) is 0 Å². The summed E-state index contributed by atoms with van der Waals surface area (Å²) in [7, 11) is 0. The second-order valence-electron chi connectivity index (χ2n) is 6.97. The van der Waals surface area contributed by atoms with Crippen LogP contribution >= 0.6 is 11.3 Å². The summed E-state index contributed by atoms with van der Waals surface area (Å²) < 4.78 is 0. The fraction of sp³-hybridized carbons (Fsp3) is 0.450. The maximum atomic E-state index is 12.8. The Morgan fingerprint density at radius 2 is 1.83 bits per heavy atom. The van der Waals surface area contributed by atoms with E-state index in [0.717, 1.165) is 24.5 Å². The zero-order valence-corrected chi connectivity index (χ0v) is 14.8. The van der Waals surface area contributed by atoms with E-state index in [1.807, 2.05) is 17.5 Å². The molecule has 2 aliphatic heterocycles. The van der Waals surface area contributed by atoms with Crippen molar-refractivity contribution < 1.29 is 4.79 Å². The Labute approximate surface area is 147 Å². The molecule has 4 rings (SSSR count). The van der Waals surface area contributed by atoms with E-state index in [9.17, 15) is 4.79 Å². The van der Waals surface area contributed by atoms with E-state index >= 15 is 0 Å². The van der Waals surface area contributed by atoms with Crippen LogP contribution in [-0.4, -0.2) is 48.4 Å². The molecule has 2 aromatic rings. The lowest BCUT2D eigenvalue weighted by molar-refractivity contribution is 0.0788. The first kappa shape index (κ1) is 15.9. The highest BCUT2D eigenvalue weighted by Gasteiger charge is 2.37. The molecule has 1 aromatic carbocycles. The number of thiophene rings is 1. The zero-order chi connectivity index (χ0) is 16.4. The van der Waals surface area contributed by atoms with Gasteiger partial charge in [-0.15, -0.1) is 11.3 Å². The topological polar surface area (TPSA) is 23.6 Å². The van der Waals surface area contributed by atoms with Crippen molar-refractivity contribution in [3.05, 3.63) is 58.3 Å². The van der Waals surface area contributed by atoms with Crippen molar-refractivity contribution in [2.75, 3.05) is 32.7 Å². The lowest BCUT2D eigenvalue weighted by Crippen LogP contribution is -2.32. The second kappa shape index (κ2) is 7.08. The van der Waals surface area contributed by atoms with E-state index in [1.54, 1.807) is 11.3 Å². The maximum Gasteiger partial charge on any atom is 0.263 e. The number of amides is 1. The minimum atomic E-state index is 0.204. The van der Waals surface area contributed by atoms with Crippen LogP contribution in [0.1, 0.15) is 34.0 Å². The van der Waals surface area contributed by atoms with E-state index in [1.165, 1.54) is 31.5 Å². The van der Waals surface area contributed by atoms with Gasteiger partial charge in [-0.05, 0) is 48.9 Å². The third kappa shape index (κ3) is 3.26. The molecule has 0 saturated carbocycles. The predicted molar refractivity (Wildman–Crippen MR) is 98.6 cm³/mol. The van der Waals surface area contributed by atoms with E-state index in [0.29, 0.717) is 11.8 Å². The summed E-state index contributed by atoms with van der Waals surface area (Å²) in [6.07, 6.45) is 2.64. The zero-order valence-electron chi connectivity index (χ0n) is 13.9. The quantitative estimate of drug-likeness (QED) is 0.847. The lowest BCUT2D eigenvalue weighted by Gasteiger charge is -2.24.